The molecule has 0 aromatic heterocycles. The minimum Gasteiger partial charge on any atom is -0.423 e. The summed E-state index contributed by atoms with van der Waals surface area (Å²) in [4.78, 5) is 11.4. The average Bonchev–Trinajstić information content (AvgIpc) is 2.87. The minimum atomic E-state index is -0.462. The van der Waals surface area contributed by atoms with Crippen LogP contribution in [0.2, 0.25) is 0 Å². The summed E-state index contributed by atoms with van der Waals surface area (Å²) in [6.45, 7) is 7.29. The van der Waals surface area contributed by atoms with Crippen LogP contribution < -0.4 is 4.74 Å². The highest BCUT2D eigenvalue weighted by atomic mass is 16.5. The van der Waals surface area contributed by atoms with Crippen molar-refractivity contribution in [1.29, 1.82) is 0 Å². The van der Waals surface area contributed by atoms with Crippen molar-refractivity contribution in [3.05, 3.63) is 42.0 Å². The van der Waals surface area contributed by atoms with Gasteiger partial charge in [0.15, 0.2) is 0 Å². The van der Waals surface area contributed by atoms with Gasteiger partial charge in [0.05, 0.1) is 6.10 Å². The van der Waals surface area contributed by atoms with Crippen LogP contribution in [0, 0.1) is 5.41 Å². The van der Waals surface area contributed by atoms with E-state index in [0.29, 0.717) is 11.3 Å². The van der Waals surface area contributed by atoms with E-state index in [4.69, 9.17) is 4.74 Å². The van der Waals surface area contributed by atoms with Gasteiger partial charge in [0.2, 0.25) is 0 Å². The Kier molecular flexibility index (Phi) is 4.29. The smallest absolute Gasteiger partial charge is 0.338 e. The Labute approximate surface area is 120 Å². The van der Waals surface area contributed by atoms with Gasteiger partial charge in [0, 0.05) is 5.57 Å². The maximum absolute atomic E-state index is 11.4. The summed E-state index contributed by atoms with van der Waals surface area (Å²) in [5, 5.41) is 10.5. The molecule has 20 heavy (non-hydrogen) atoms. The Balaban J connectivity index is 2.08. The second kappa shape index (κ2) is 5.80. The lowest BCUT2D eigenvalue weighted by molar-refractivity contribution is -0.130. The van der Waals surface area contributed by atoms with Crippen LogP contribution in [-0.4, -0.2) is 11.1 Å². The van der Waals surface area contributed by atoms with Crippen LogP contribution in [0.3, 0.4) is 0 Å². The Morgan fingerprint density at radius 1 is 1.30 bits per heavy atom. The largest absolute Gasteiger partial charge is 0.423 e. The summed E-state index contributed by atoms with van der Waals surface area (Å²) in [5.41, 5.74) is 1.22. The molecule has 0 amide bonds. The second-order valence-electron chi connectivity index (χ2n) is 6.00. The second-order valence-corrected chi connectivity index (χ2v) is 6.00. The monoisotopic (exact) mass is 274 g/mol. The van der Waals surface area contributed by atoms with Gasteiger partial charge >= 0.3 is 5.97 Å². The van der Waals surface area contributed by atoms with E-state index in [9.17, 15) is 9.90 Å². The first-order valence-electron chi connectivity index (χ1n) is 7.08. The lowest BCUT2D eigenvalue weighted by Crippen LogP contribution is -2.21. The zero-order valence-corrected chi connectivity index (χ0v) is 12.2. The lowest BCUT2D eigenvalue weighted by Gasteiger charge is -2.30. The molecule has 108 valence electrons. The van der Waals surface area contributed by atoms with Gasteiger partial charge in [0.1, 0.15) is 5.75 Å². The van der Waals surface area contributed by atoms with Crippen LogP contribution >= 0.6 is 0 Å². The van der Waals surface area contributed by atoms with Gasteiger partial charge in [0.25, 0.3) is 0 Å². The lowest BCUT2D eigenvalue weighted by atomic mass is 9.79. The number of aliphatic hydroxyl groups is 1. The molecular formula is C17H22O3. The highest BCUT2D eigenvalue weighted by Crippen LogP contribution is 2.47. The van der Waals surface area contributed by atoms with Gasteiger partial charge in [-0.1, -0.05) is 38.5 Å². The number of aliphatic hydroxyl groups excluding tert-OH is 1. The van der Waals surface area contributed by atoms with E-state index in [-0.39, 0.29) is 5.41 Å². The Bertz CT molecular complexity index is 495. The fourth-order valence-corrected chi connectivity index (χ4v) is 2.77. The molecule has 1 saturated carbocycles. The number of carbonyl (C=O) groups excluding carboxylic acids is 1. The number of benzene rings is 1. The van der Waals surface area contributed by atoms with E-state index in [1.807, 2.05) is 12.1 Å². The highest BCUT2D eigenvalue weighted by molar-refractivity contribution is 5.88. The number of rotatable bonds is 4. The third kappa shape index (κ3) is 3.10. The van der Waals surface area contributed by atoms with Gasteiger partial charge in [-0.2, -0.15) is 0 Å². The molecule has 0 saturated heterocycles. The van der Waals surface area contributed by atoms with Crippen molar-refractivity contribution in [3.8, 4) is 5.75 Å². The van der Waals surface area contributed by atoms with Crippen molar-refractivity contribution >= 4 is 5.97 Å². The van der Waals surface area contributed by atoms with E-state index in [2.05, 4.69) is 13.5 Å². The predicted molar refractivity (Wildman–Crippen MR) is 78.4 cm³/mol. The molecule has 0 bridgehead atoms. The van der Waals surface area contributed by atoms with Gasteiger partial charge < -0.3 is 9.84 Å². The van der Waals surface area contributed by atoms with Crippen LogP contribution in [0.15, 0.2) is 36.4 Å². The zero-order chi connectivity index (χ0) is 14.8. The quantitative estimate of drug-likeness (QED) is 0.516. The zero-order valence-electron chi connectivity index (χ0n) is 12.2. The van der Waals surface area contributed by atoms with E-state index < -0.39 is 12.1 Å². The third-order valence-electron chi connectivity index (χ3n) is 4.16. The molecule has 0 radical (unpaired) electrons. The molecule has 3 nitrogen and oxygen atoms in total. The van der Waals surface area contributed by atoms with Gasteiger partial charge in [-0.05, 0) is 42.9 Å². The van der Waals surface area contributed by atoms with Crippen LogP contribution in [-0.2, 0) is 4.79 Å². The van der Waals surface area contributed by atoms with Crippen molar-refractivity contribution in [3.63, 3.8) is 0 Å². The van der Waals surface area contributed by atoms with Crippen molar-refractivity contribution in [1.82, 2.24) is 0 Å². The normalized spacial score (nSPS) is 18.6. The van der Waals surface area contributed by atoms with Crippen molar-refractivity contribution < 1.29 is 14.6 Å². The molecule has 1 N–H and O–H groups in total. The van der Waals surface area contributed by atoms with E-state index >= 15 is 0 Å². The molecule has 1 aromatic carbocycles. The highest BCUT2D eigenvalue weighted by Gasteiger charge is 2.36. The van der Waals surface area contributed by atoms with Crippen LogP contribution in [0.25, 0.3) is 0 Å². The number of ether oxygens (including phenoxy) is 1. The fraction of sp³-hybridized carbons (Fsp3) is 0.471. The molecule has 1 aliphatic carbocycles. The van der Waals surface area contributed by atoms with E-state index in [0.717, 1.165) is 18.4 Å². The third-order valence-corrected chi connectivity index (χ3v) is 4.16. The molecule has 1 fully saturated rings. The molecule has 0 aliphatic heterocycles. The average molecular weight is 274 g/mol. The van der Waals surface area contributed by atoms with E-state index in [1.165, 1.54) is 12.8 Å². The van der Waals surface area contributed by atoms with Gasteiger partial charge in [-0.25, -0.2) is 4.79 Å². The molecule has 1 unspecified atom stereocenters. The predicted octanol–water partition coefficient (Wildman–Crippen LogP) is 3.78. The SMILES string of the molecule is C=C(C)C(=O)Oc1ccc(C(O)C2(C)CCCC2)cc1. The maximum Gasteiger partial charge on any atom is 0.338 e. The van der Waals surface area contributed by atoms with Crippen molar-refractivity contribution in [2.75, 3.05) is 0 Å². The molecule has 3 heteroatoms. The minimum absolute atomic E-state index is 0.0318. The molecule has 2 rings (SSSR count). The standard InChI is InChI=1S/C17H22O3/c1-12(2)16(19)20-14-8-6-13(7-9-14)15(18)17(3)10-4-5-11-17/h6-9,15,18H,1,4-5,10-11H2,2-3H3. The molecule has 1 aliphatic rings. The number of hydrogen-bond acceptors (Lipinski definition) is 3. The Morgan fingerprint density at radius 3 is 2.35 bits per heavy atom. The summed E-state index contributed by atoms with van der Waals surface area (Å²) in [6.07, 6.45) is 4.01. The van der Waals surface area contributed by atoms with Crippen LogP contribution in [0.4, 0.5) is 0 Å². The number of carbonyl (C=O) groups is 1. The maximum atomic E-state index is 11.4. The summed E-state index contributed by atoms with van der Waals surface area (Å²) in [7, 11) is 0. The first-order valence-corrected chi connectivity index (χ1v) is 7.08. The Morgan fingerprint density at radius 2 is 1.85 bits per heavy atom. The summed E-state index contributed by atoms with van der Waals surface area (Å²) in [6, 6.07) is 7.10. The number of esters is 1. The molecular weight excluding hydrogens is 252 g/mol. The molecule has 1 aromatic rings. The van der Waals surface area contributed by atoms with Crippen molar-refractivity contribution in [2.24, 2.45) is 5.41 Å². The first-order chi connectivity index (χ1) is 9.42. The van der Waals surface area contributed by atoms with Gasteiger partial charge in [-0.15, -0.1) is 0 Å². The fourth-order valence-electron chi connectivity index (χ4n) is 2.77. The summed E-state index contributed by atoms with van der Waals surface area (Å²) >= 11 is 0. The topological polar surface area (TPSA) is 46.5 Å². The first kappa shape index (κ1) is 14.8. The molecule has 0 heterocycles. The molecule has 0 spiro atoms. The summed E-state index contributed by atoms with van der Waals surface area (Å²) < 4.78 is 5.14. The summed E-state index contributed by atoms with van der Waals surface area (Å²) in [5.74, 6) is 0.0478. The number of hydrogen-bond donors (Lipinski definition) is 1. The van der Waals surface area contributed by atoms with Crippen LogP contribution in [0.5, 0.6) is 5.75 Å². The Hall–Kier alpha value is -1.61. The van der Waals surface area contributed by atoms with Crippen molar-refractivity contribution in [2.45, 2.75) is 45.6 Å². The van der Waals surface area contributed by atoms with Crippen LogP contribution in [0.1, 0.15) is 51.2 Å². The van der Waals surface area contributed by atoms with Gasteiger partial charge in [-0.3, -0.25) is 0 Å². The molecule has 1 atom stereocenters. The van der Waals surface area contributed by atoms with E-state index in [1.54, 1.807) is 19.1 Å².